The molecule has 0 aliphatic carbocycles. The molecule has 0 saturated heterocycles. The normalized spacial score (nSPS) is 14.2. The standard InChI is InChI=1S/C9H19NO2S/c1-6(2)10(7(3)4)8(5-13)9(11)12/h6-8,13H,5H2,1-4H3,(H,11,12). The van der Waals surface area contributed by atoms with Gasteiger partial charge in [-0.05, 0) is 27.7 Å². The van der Waals surface area contributed by atoms with Gasteiger partial charge in [-0.25, -0.2) is 0 Å². The van der Waals surface area contributed by atoms with Crippen molar-refractivity contribution in [2.45, 2.75) is 45.8 Å². The summed E-state index contributed by atoms with van der Waals surface area (Å²) in [6.07, 6.45) is 0. The van der Waals surface area contributed by atoms with Gasteiger partial charge < -0.3 is 5.11 Å². The summed E-state index contributed by atoms with van der Waals surface area (Å²) in [6.45, 7) is 8.00. The van der Waals surface area contributed by atoms with Crippen molar-refractivity contribution in [1.29, 1.82) is 0 Å². The predicted octanol–water partition coefficient (Wildman–Crippen LogP) is 1.49. The fraction of sp³-hybridized carbons (Fsp3) is 0.889. The lowest BCUT2D eigenvalue weighted by molar-refractivity contribution is -0.144. The Labute approximate surface area is 85.5 Å². The molecule has 0 aromatic heterocycles. The molecule has 3 nitrogen and oxygen atoms in total. The van der Waals surface area contributed by atoms with Crippen LogP contribution in [0.4, 0.5) is 0 Å². The summed E-state index contributed by atoms with van der Waals surface area (Å²) in [5.41, 5.74) is 0. The molecule has 1 atom stereocenters. The maximum Gasteiger partial charge on any atom is 0.321 e. The van der Waals surface area contributed by atoms with E-state index in [1.165, 1.54) is 0 Å². The van der Waals surface area contributed by atoms with Gasteiger partial charge in [-0.3, -0.25) is 9.69 Å². The molecule has 0 aromatic carbocycles. The Morgan fingerprint density at radius 1 is 1.31 bits per heavy atom. The van der Waals surface area contributed by atoms with Crippen LogP contribution in [0.5, 0.6) is 0 Å². The Hall–Kier alpha value is -0.220. The first-order chi connectivity index (χ1) is 5.91. The first-order valence-corrected chi connectivity index (χ1v) is 5.16. The van der Waals surface area contributed by atoms with Crippen LogP contribution < -0.4 is 0 Å². The first-order valence-electron chi connectivity index (χ1n) is 4.52. The third-order valence-electron chi connectivity index (χ3n) is 2.01. The number of hydrogen-bond donors (Lipinski definition) is 2. The Bertz CT molecular complexity index is 163. The van der Waals surface area contributed by atoms with Crippen molar-refractivity contribution in [3.63, 3.8) is 0 Å². The molecule has 0 amide bonds. The van der Waals surface area contributed by atoms with E-state index in [-0.39, 0.29) is 12.1 Å². The smallest absolute Gasteiger partial charge is 0.321 e. The summed E-state index contributed by atoms with van der Waals surface area (Å²) in [5, 5.41) is 8.95. The molecule has 0 aromatic rings. The summed E-state index contributed by atoms with van der Waals surface area (Å²) in [5.74, 6) is -0.441. The zero-order chi connectivity index (χ0) is 10.6. The predicted molar refractivity (Wildman–Crippen MR) is 57.4 cm³/mol. The third-order valence-corrected chi connectivity index (χ3v) is 2.36. The minimum absolute atomic E-state index is 0.230. The van der Waals surface area contributed by atoms with Gasteiger partial charge in [0, 0.05) is 17.8 Å². The van der Waals surface area contributed by atoms with E-state index in [0.717, 1.165) is 0 Å². The van der Waals surface area contributed by atoms with Gasteiger partial charge in [-0.2, -0.15) is 12.6 Å². The van der Waals surface area contributed by atoms with Gasteiger partial charge in [-0.15, -0.1) is 0 Å². The topological polar surface area (TPSA) is 40.5 Å². The van der Waals surface area contributed by atoms with E-state index in [9.17, 15) is 4.79 Å². The fourth-order valence-corrected chi connectivity index (χ4v) is 1.96. The van der Waals surface area contributed by atoms with Crippen molar-refractivity contribution >= 4 is 18.6 Å². The Morgan fingerprint density at radius 2 is 1.69 bits per heavy atom. The number of carbonyl (C=O) groups is 1. The lowest BCUT2D eigenvalue weighted by Gasteiger charge is -2.34. The molecule has 0 fully saturated rings. The van der Waals surface area contributed by atoms with Crippen LogP contribution in [0.3, 0.4) is 0 Å². The van der Waals surface area contributed by atoms with Crippen molar-refractivity contribution in [2.75, 3.05) is 5.75 Å². The molecule has 13 heavy (non-hydrogen) atoms. The van der Waals surface area contributed by atoms with Gasteiger partial charge in [0.1, 0.15) is 6.04 Å². The second-order valence-electron chi connectivity index (χ2n) is 3.67. The van der Waals surface area contributed by atoms with E-state index in [0.29, 0.717) is 5.75 Å². The molecule has 1 unspecified atom stereocenters. The Kier molecular flexibility index (Phi) is 5.40. The third kappa shape index (κ3) is 3.56. The highest BCUT2D eigenvalue weighted by atomic mass is 32.1. The number of carboxylic acid groups (broad SMARTS) is 1. The highest BCUT2D eigenvalue weighted by Gasteiger charge is 2.28. The van der Waals surface area contributed by atoms with E-state index in [4.69, 9.17) is 5.11 Å². The zero-order valence-corrected chi connectivity index (χ0v) is 9.58. The van der Waals surface area contributed by atoms with Crippen LogP contribution >= 0.6 is 12.6 Å². The molecule has 0 aliphatic heterocycles. The minimum Gasteiger partial charge on any atom is -0.480 e. The van der Waals surface area contributed by atoms with Crippen LogP contribution in [0.25, 0.3) is 0 Å². The molecule has 0 heterocycles. The molecule has 0 rings (SSSR count). The van der Waals surface area contributed by atoms with Crippen LogP contribution in [0.15, 0.2) is 0 Å². The fourth-order valence-electron chi connectivity index (χ4n) is 1.62. The van der Waals surface area contributed by atoms with E-state index < -0.39 is 12.0 Å². The van der Waals surface area contributed by atoms with Crippen LogP contribution in [0, 0.1) is 0 Å². The van der Waals surface area contributed by atoms with Gasteiger partial charge >= 0.3 is 5.97 Å². The molecule has 78 valence electrons. The second-order valence-corrected chi connectivity index (χ2v) is 4.04. The quantitative estimate of drug-likeness (QED) is 0.668. The summed E-state index contributed by atoms with van der Waals surface area (Å²) >= 11 is 4.06. The molecule has 0 saturated carbocycles. The van der Waals surface area contributed by atoms with Gasteiger partial charge in [0.05, 0.1) is 0 Å². The number of nitrogens with zero attached hydrogens (tertiary/aromatic N) is 1. The monoisotopic (exact) mass is 205 g/mol. The van der Waals surface area contributed by atoms with E-state index in [1.54, 1.807) is 0 Å². The highest BCUT2D eigenvalue weighted by molar-refractivity contribution is 7.80. The molecule has 1 N–H and O–H groups in total. The van der Waals surface area contributed by atoms with Crippen molar-refractivity contribution < 1.29 is 9.90 Å². The molecule has 0 aliphatic rings. The minimum atomic E-state index is -0.794. The van der Waals surface area contributed by atoms with Crippen LogP contribution in [-0.4, -0.2) is 39.9 Å². The molecular formula is C9H19NO2S. The highest BCUT2D eigenvalue weighted by Crippen LogP contribution is 2.12. The van der Waals surface area contributed by atoms with E-state index >= 15 is 0 Å². The molecule has 0 radical (unpaired) electrons. The molecule has 0 bridgehead atoms. The van der Waals surface area contributed by atoms with E-state index in [2.05, 4.69) is 12.6 Å². The Morgan fingerprint density at radius 3 is 1.77 bits per heavy atom. The van der Waals surface area contributed by atoms with Crippen LogP contribution in [0.1, 0.15) is 27.7 Å². The SMILES string of the molecule is CC(C)N(C(C)C)C(CS)C(=O)O. The van der Waals surface area contributed by atoms with Crippen molar-refractivity contribution in [3.8, 4) is 0 Å². The van der Waals surface area contributed by atoms with Crippen molar-refractivity contribution in [1.82, 2.24) is 4.90 Å². The average molecular weight is 205 g/mol. The zero-order valence-electron chi connectivity index (χ0n) is 8.69. The molecule has 0 spiro atoms. The van der Waals surface area contributed by atoms with Gasteiger partial charge in [0.15, 0.2) is 0 Å². The lowest BCUT2D eigenvalue weighted by Crippen LogP contribution is -2.50. The van der Waals surface area contributed by atoms with Crippen molar-refractivity contribution in [2.24, 2.45) is 0 Å². The second kappa shape index (κ2) is 5.50. The summed E-state index contributed by atoms with van der Waals surface area (Å²) < 4.78 is 0. The van der Waals surface area contributed by atoms with Crippen LogP contribution in [0.2, 0.25) is 0 Å². The maximum atomic E-state index is 10.9. The van der Waals surface area contributed by atoms with Gasteiger partial charge in [0.2, 0.25) is 0 Å². The number of aliphatic carboxylic acids is 1. The number of hydrogen-bond acceptors (Lipinski definition) is 3. The largest absolute Gasteiger partial charge is 0.480 e. The summed E-state index contributed by atoms with van der Waals surface area (Å²) in [6, 6.07) is -0.0233. The summed E-state index contributed by atoms with van der Waals surface area (Å²) in [4.78, 5) is 12.8. The molecule has 4 heteroatoms. The van der Waals surface area contributed by atoms with Gasteiger partial charge in [0.25, 0.3) is 0 Å². The van der Waals surface area contributed by atoms with E-state index in [1.807, 2.05) is 32.6 Å². The Balaban J connectivity index is 4.59. The summed E-state index contributed by atoms with van der Waals surface area (Å²) in [7, 11) is 0. The van der Waals surface area contributed by atoms with Crippen LogP contribution in [-0.2, 0) is 4.79 Å². The number of rotatable bonds is 5. The number of carboxylic acids is 1. The van der Waals surface area contributed by atoms with Gasteiger partial charge in [-0.1, -0.05) is 0 Å². The maximum absolute atomic E-state index is 10.9. The molecular weight excluding hydrogens is 186 g/mol. The number of thiol groups is 1. The first kappa shape index (κ1) is 12.8. The van der Waals surface area contributed by atoms with Crippen molar-refractivity contribution in [3.05, 3.63) is 0 Å². The lowest BCUT2D eigenvalue weighted by atomic mass is 10.1. The average Bonchev–Trinajstić information content (AvgIpc) is 1.97.